The first kappa shape index (κ1) is 53.0. The maximum absolute atomic E-state index is 12.7. The van der Waals surface area contributed by atoms with Crippen molar-refractivity contribution in [2.24, 2.45) is 0 Å². The van der Waals surface area contributed by atoms with E-state index in [9.17, 15) is 14.3 Å². The second-order valence-corrected chi connectivity index (χ2v) is 17.9. The minimum absolute atomic E-state index is 0.0900. The molecular formula is C45H89NO7P+. The second-order valence-electron chi connectivity index (χ2n) is 16.4. The molecule has 0 bridgehead atoms. The van der Waals surface area contributed by atoms with Crippen LogP contribution in [0.3, 0.4) is 0 Å². The van der Waals surface area contributed by atoms with Crippen LogP contribution in [0, 0.1) is 0 Å². The summed E-state index contributed by atoms with van der Waals surface area (Å²) in [5.41, 5.74) is 0. The number of phosphoric acid groups is 1. The fraction of sp³-hybridized carbons (Fsp3) is 0.889. The molecule has 1 N–H and O–H groups in total. The molecule has 0 aromatic heterocycles. The van der Waals surface area contributed by atoms with Crippen molar-refractivity contribution in [2.75, 3.05) is 54.1 Å². The number of quaternary nitrogens is 1. The quantitative estimate of drug-likeness (QED) is 0.0217. The molecule has 0 aliphatic rings. The number of rotatable bonds is 42. The molecule has 0 saturated heterocycles. The number of unbranched alkanes of at least 4 members (excludes halogenated alkanes) is 24. The van der Waals surface area contributed by atoms with Gasteiger partial charge in [0.05, 0.1) is 34.4 Å². The lowest BCUT2D eigenvalue weighted by molar-refractivity contribution is -0.870. The highest BCUT2D eigenvalue weighted by molar-refractivity contribution is 7.47. The molecule has 54 heavy (non-hydrogen) atoms. The molecule has 0 rings (SSSR count). The minimum Gasteiger partial charge on any atom is -0.457 e. The number of allylic oxidation sites excluding steroid dienone is 4. The van der Waals surface area contributed by atoms with E-state index in [1.54, 1.807) is 0 Å². The molecule has 0 aromatic rings. The number of likely N-dealkylation sites (N-methyl/N-ethyl adjacent to an activating group) is 1. The largest absolute Gasteiger partial charge is 0.472 e. The van der Waals surface area contributed by atoms with Crippen LogP contribution >= 0.6 is 7.82 Å². The van der Waals surface area contributed by atoms with E-state index in [0.29, 0.717) is 24.1 Å². The van der Waals surface area contributed by atoms with E-state index >= 15 is 0 Å². The molecule has 2 unspecified atom stereocenters. The van der Waals surface area contributed by atoms with E-state index in [1.165, 1.54) is 141 Å². The Bertz CT molecular complexity index is 920. The first-order valence-electron chi connectivity index (χ1n) is 22.6. The SMILES string of the molecule is CCCCC/C=C\C/C=C\CCCCCCCCCCCCOCC(COP(=O)(O)OCC[N+](C)(C)C)OC(=O)CCCCCCCCCCCCCC. The highest BCUT2D eigenvalue weighted by atomic mass is 31.2. The summed E-state index contributed by atoms with van der Waals surface area (Å²) in [6.45, 7) is 5.61. The van der Waals surface area contributed by atoms with Crippen molar-refractivity contribution in [3.63, 3.8) is 0 Å². The highest BCUT2D eigenvalue weighted by Gasteiger charge is 2.26. The summed E-state index contributed by atoms with van der Waals surface area (Å²) in [7, 11) is 1.67. The first-order valence-corrected chi connectivity index (χ1v) is 24.1. The Morgan fingerprint density at radius 3 is 1.54 bits per heavy atom. The van der Waals surface area contributed by atoms with Crippen LogP contribution < -0.4 is 0 Å². The molecule has 0 saturated carbocycles. The van der Waals surface area contributed by atoms with Gasteiger partial charge in [-0.2, -0.15) is 0 Å². The van der Waals surface area contributed by atoms with Crippen molar-refractivity contribution in [2.45, 2.75) is 206 Å². The third-order valence-corrected chi connectivity index (χ3v) is 10.7. The van der Waals surface area contributed by atoms with Crippen LogP contribution in [0.5, 0.6) is 0 Å². The number of esters is 1. The van der Waals surface area contributed by atoms with E-state index < -0.39 is 13.9 Å². The van der Waals surface area contributed by atoms with Gasteiger partial charge < -0.3 is 18.9 Å². The average Bonchev–Trinajstić information content (AvgIpc) is 3.12. The zero-order valence-corrected chi connectivity index (χ0v) is 37.1. The predicted octanol–water partition coefficient (Wildman–Crippen LogP) is 13.2. The van der Waals surface area contributed by atoms with Crippen LogP contribution in [0.15, 0.2) is 24.3 Å². The topological polar surface area (TPSA) is 91.3 Å². The Kier molecular flexibility index (Phi) is 38.1. The number of carbonyl (C=O) groups is 1. The fourth-order valence-corrected chi connectivity index (χ4v) is 6.97. The van der Waals surface area contributed by atoms with Gasteiger partial charge >= 0.3 is 13.8 Å². The first-order chi connectivity index (χ1) is 26.1. The maximum atomic E-state index is 12.7. The zero-order valence-electron chi connectivity index (χ0n) is 36.2. The second kappa shape index (κ2) is 38.8. The van der Waals surface area contributed by atoms with E-state index in [1.807, 2.05) is 21.1 Å². The Morgan fingerprint density at radius 2 is 1.02 bits per heavy atom. The van der Waals surface area contributed by atoms with Gasteiger partial charge in [0.2, 0.25) is 0 Å². The van der Waals surface area contributed by atoms with Gasteiger partial charge in [-0.05, 0) is 44.9 Å². The van der Waals surface area contributed by atoms with E-state index in [2.05, 4.69) is 38.2 Å². The van der Waals surface area contributed by atoms with Crippen molar-refractivity contribution in [1.29, 1.82) is 0 Å². The molecule has 9 heteroatoms. The number of hydrogen-bond acceptors (Lipinski definition) is 6. The fourth-order valence-electron chi connectivity index (χ4n) is 6.23. The summed E-state index contributed by atoms with van der Waals surface area (Å²) in [5, 5.41) is 0. The number of hydrogen-bond donors (Lipinski definition) is 1. The molecule has 0 spiro atoms. The van der Waals surface area contributed by atoms with Gasteiger partial charge in [0.1, 0.15) is 19.3 Å². The standard InChI is InChI=1S/C45H88NO7P/c1-6-8-10-12-14-16-18-20-21-22-23-24-25-26-27-29-31-33-35-37-40-50-42-44(43-52-54(48,49)51-41-39-46(3,4)5)53-45(47)38-36-34-32-30-28-19-17-15-13-11-9-7-2/h14,16,20-21,44H,6-13,15,17-19,22-43H2,1-5H3/p+1/b16-14-,21-20-. The van der Waals surface area contributed by atoms with Crippen molar-refractivity contribution >= 4 is 13.8 Å². The minimum atomic E-state index is -4.27. The van der Waals surface area contributed by atoms with Crippen LogP contribution in [-0.2, 0) is 27.9 Å². The van der Waals surface area contributed by atoms with Crippen LogP contribution in [-0.4, -0.2) is 75.6 Å². The third kappa shape index (κ3) is 42.1. The molecule has 0 aromatic carbocycles. The molecule has 0 fully saturated rings. The van der Waals surface area contributed by atoms with Crippen molar-refractivity contribution in [3.8, 4) is 0 Å². The molecule has 8 nitrogen and oxygen atoms in total. The monoisotopic (exact) mass is 787 g/mol. The molecule has 0 radical (unpaired) electrons. The molecule has 320 valence electrons. The van der Waals surface area contributed by atoms with E-state index in [4.69, 9.17) is 18.5 Å². The molecule has 0 amide bonds. The van der Waals surface area contributed by atoms with Crippen LogP contribution in [0.25, 0.3) is 0 Å². The Hall–Kier alpha value is -1.02. The smallest absolute Gasteiger partial charge is 0.457 e. The lowest BCUT2D eigenvalue weighted by Gasteiger charge is -2.24. The normalized spacial score (nSPS) is 14.0. The average molecular weight is 787 g/mol. The van der Waals surface area contributed by atoms with Gasteiger partial charge in [-0.25, -0.2) is 4.57 Å². The van der Waals surface area contributed by atoms with Crippen LogP contribution in [0.4, 0.5) is 0 Å². The number of nitrogens with zero attached hydrogens (tertiary/aromatic N) is 1. The summed E-state index contributed by atoms with van der Waals surface area (Å²) in [4.78, 5) is 22.9. The van der Waals surface area contributed by atoms with Gasteiger partial charge in [-0.3, -0.25) is 13.8 Å². The van der Waals surface area contributed by atoms with E-state index in [-0.39, 0.29) is 25.8 Å². The van der Waals surface area contributed by atoms with Crippen molar-refractivity contribution in [3.05, 3.63) is 24.3 Å². The summed E-state index contributed by atoms with van der Waals surface area (Å²) >= 11 is 0. The summed E-state index contributed by atoms with van der Waals surface area (Å²) in [6, 6.07) is 0. The Morgan fingerprint density at radius 1 is 0.574 bits per heavy atom. The van der Waals surface area contributed by atoms with Crippen molar-refractivity contribution in [1.82, 2.24) is 0 Å². The van der Waals surface area contributed by atoms with Gasteiger partial charge in [-0.15, -0.1) is 0 Å². The maximum Gasteiger partial charge on any atom is 0.472 e. The summed E-state index contributed by atoms with van der Waals surface area (Å²) in [5.74, 6) is -0.314. The lowest BCUT2D eigenvalue weighted by Crippen LogP contribution is -2.37. The number of phosphoric ester groups is 1. The Labute approximate surface area is 334 Å². The Balaban J connectivity index is 4.15. The molecular weight excluding hydrogens is 697 g/mol. The van der Waals surface area contributed by atoms with Gasteiger partial charge in [0.15, 0.2) is 0 Å². The third-order valence-electron chi connectivity index (χ3n) is 9.77. The molecule has 0 heterocycles. The van der Waals surface area contributed by atoms with Crippen LogP contribution in [0.2, 0.25) is 0 Å². The summed E-state index contributed by atoms with van der Waals surface area (Å²) in [6.07, 6.45) is 43.5. The van der Waals surface area contributed by atoms with E-state index in [0.717, 1.165) is 38.5 Å². The van der Waals surface area contributed by atoms with Crippen molar-refractivity contribution < 1.29 is 37.3 Å². The van der Waals surface area contributed by atoms with Crippen LogP contribution in [0.1, 0.15) is 200 Å². The van der Waals surface area contributed by atoms with Gasteiger partial charge in [0.25, 0.3) is 0 Å². The molecule has 0 aliphatic heterocycles. The zero-order chi connectivity index (χ0) is 39.9. The lowest BCUT2D eigenvalue weighted by atomic mass is 10.0. The van der Waals surface area contributed by atoms with Gasteiger partial charge in [0, 0.05) is 13.0 Å². The number of ether oxygens (including phenoxy) is 2. The number of carbonyl (C=O) groups excluding carboxylic acids is 1. The highest BCUT2D eigenvalue weighted by Crippen LogP contribution is 2.43. The predicted molar refractivity (Wildman–Crippen MR) is 229 cm³/mol. The molecule has 0 aliphatic carbocycles. The molecule has 2 atom stereocenters. The van der Waals surface area contributed by atoms with Gasteiger partial charge in [-0.1, -0.05) is 173 Å². The summed E-state index contributed by atoms with van der Waals surface area (Å²) < 4.78 is 35.0.